The second kappa shape index (κ2) is 5.32. The van der Waals surface area contributed by atoms with E-state index in [2.05, 4.69) is 26.0 Å². The number of carbonyl (C=O) groups is 1. The highest BCUT2D eigenvalue weighted by molar-refractivity contribution is 6.31. The predicted molar refractivity (Wildman–Crippen MR) is 64.6 cm³/mol. The molecule has 0 aliphatic carbocycles. The van der Waals surface area contributed by atoms with Crippen molar-refractivity contribution in [3.8, 4) is 0 Å². The summed E-state index contributed by atoms with van der Waals surface area (Å²) >= 11 is 6.18. The van der Waals surface area contributed by atoms with E-state index < -0.39 is 0 Å². The summed E-state index contributed by atoms with van der Waals surface area (Å²) in [4.78, 5) is 10.4. The summed E-state index contributed by atoms with van der Waals surface area (Å²) in [6.07, 6.45) is 1.51. The first-order chi connectivity index (χ1) is 7.06. The van der Waals surface area contributed by atoms with Gasteiger partial charge in [0.1, 0.15) is 6.29 Å². The van der Waals surface area contributed by atoms with Crippen LogP contribution >= 0.6 is 11.6 Å². The minimum absolute atomic E-state index is 0.251. The summed E-state index contributed by atoms with van der Waals surface area (Å²) in [5.41, 5.74) is 2.30. The molecule has 1 aromatic carbocycles. The number of hydrogen-bond donors (Lipinski definition) is 0. The van der Waals surface area contributed by atoms with Crippen molar-refractivity contribution in [2.45, 2.75) is 39.0 Å². The van der Waals surface area contributed by atoms with E-state index in [1.165, 1.54) is 5.56 Å². The lowest BCUT2D eigenvalue weighted by Gasteiger charge is -2.13. The van der Waals surface area contributed by atoms with Crippen LogP contribution in [0.1, 0.15) is 50.2 Å². The maximum Gasteiger partial charge on any atom is 0.120 e. The van der Waals surface area contributed by atoms with Gasteiger partial charge in [-0.3, -0.25) is 0 Å². The first kappa shape index (κ1) is 12.3. The number of benzene rings is 1. The van der Waals surface area contributed by atoms with Crippen molar-refractivity contribution in [1.82, 2.24) is 0 Å². The topological polar surface area (TPSA) is 17.1 Å². The summed E-state index contributed by atoms with van der Waals surface area (Å²) in [6.45, 7) is 6.28. The van der Waals surface area contributed by atoms with Gasteiger partial charge in [0, 0.05) is 11.4 Å². The first-order valence-corrected chi connectivity index (χ1v) is 5.67. The minimum atomic E-state index is 0.251. The third-order valence-electron chi connectivity index (χ3n) is 2.67. The van der Waals surface area contributed by atoms with Crippen molar-refractivity contribution in [2.75, 3.05) is 0 Å². The van der Waals surface area contributed by atoms with Crippen LogP contribution in [-0.4, -0.2) is 6.29 Å². The van der Waals surface area contributed by atoms with Gasteiger partial charge in [-0.1, -0.05) is 44.5 Å². The number of carbonyl (C=O) groups excluding carboxylic acids is 1. The molecule has 0 N–H and O–H groups in total. The van der Waals surface area contributed by atoms with E-state index in [0.717, 1.165) is 16.9 Å². The summed E-state index contributed by atoms with van der Waals surface area (Å²) in [6, 6.07) is 6.10. The summed E-state index contributed by atoms with van der Waals surface area (Å²) in [7, 11) is 0. The molecule has 0 amide bonds. The zero-order valence-electron chi connectivity index (χ0n) is 9.46. The van der Waals surface area contributed by atoms with E-state index in [-0.39, 0.29) is 5.92 Å². The minimum Gasteiger partial charge on any atom is -0.303 e. The smallest absolute Gasteiger partial charge is 0.120 e. The SMILES string of the molecule is CC(C)c1ccc(C(C)CC=O)cc1Cl. The van der Waals surface area contributed by atoms with Crippen molar-refractivity contribution in [3.05, 3.63) is 34.3 Å². The van der Waals surface area contributed by atoms with E-state index in [4.69, 9.17) is 11.6 Å². The number of hydrogen-bond acceptors (Lipinski definition) is 1. The summed E-state index contributed by atoms with van der Waals surface area (Å²) < 4.78 is 0. The lowest BCUT2D eigenvalue weighted by molar-refractivity contribution is -0.108. The Labute approximate surface area is 96.5 Å². The Kier molecular flexibility index (Phi) is 4.34. The molecule has 0 aliphatic heterocycles. The van der Waals surface area contributed by atoms with Crippen LogP contribution in [0, 0.1) is 0 Å². The molecule has 0 radical (unpaired) electrons. The highest BCUT2D eigenvalue weighted by Gasteiger charge is 2.09. The van der Waals surface area contributed by atoms with Gasteiger partial charge in [-0.15, -0.1) is 0 Å². The van der Waals surface area contributed by atoms with Gasteiger partial charge in [-0.2, -0.15) is 0 Å². The molecule has 0 spiro atoms. The van der Waals surface area contributed by atoms with Gasteiger partial charge >= 0.3 is 0 Å². The fourth-order valence-electron chi connectivity index (χ4n) is 1.60. The number of rotatable bonds is 4. The van der Waals surface area contributed by atoms with E-state index in [1.54, 1.807) is 0 Å². The van der Waals surface area contributed by atoms with Gasteiger partial charge in [0.25, 0.3) is 0 Å². The van der Waals surface area contributed by atoms with Gasteiger partial charge in [-0.05, 0) is 29.0 Å². The van der Waals surface area contributed by atoms with Gasteiger partial charge in [-0.25, -0.2) is 0 Å². The first-order valence-electron chi connectivity index (χ1n) is 5.29. The molecule has 0 heterocycles. The Balaban J connectivity index is 2.95. The maximum atomic E-state index is 10.4. The zero-order valence-corrected chi connectivity index (χ0v) is 10.2. The molecular weight excluding hydrogens is 208 g/mol. The predicted octanol–water partition coefficient (Wildman–Crippen LogP) is 4.16. The normalized spacial score (nSPS) is 12.9. The van der Waals surface area contributed by atoms with E-state index in [1.807, 2.05) is 13.0 Å². The van der Waals surface area contributed by atoms with Crippen molar-refractivity contribution in [2.24, 2.45) is 0 Å². The zero-order chi connectivity index (χ0) is 11.4. The Bertz CT molecular complexity index is 344. The van der Waals surface area contributed by atoms with E-state index in [9.17, 15) is 4.79 Å². The standard InChI is InChI=1S/C13H17ClO/c1-9(2)12-5-4-11(8-13(12)14)10(3)6-7-15/h4-5,7-10H,6H2,1-3H3. The molecule has 2 heteroatoms. The largest absolute Gasteiger partial charge is 0.303 e. The van der Waals surface area contributed by atoms with Crippen LogP contribution in [0.2, 0.25) is 5.02 Å². The van der Waals surface area contributed by atoms with Crippen molar-refractivity contribution < 1.29 is 4.79 Å². The van der Waals surface area contributed by atoms with Crippen molar-refractivity contribution in [1.29, 1.82) is 0 Å². The maximum absolute atomic E-state index is 10.4. The molecule has 1 atom stereocenters. The van der Waals surface area contributed by atoms with Crippen LogP contribution in [0.25, 0.3) is 0 Å². The monoisotopic (exact) mass is 224 g/mol. The van der Waals surface area contributed by atoms with Crippen LogP contribution < -0.4 is 0 Å². The average Bonchev–Trinajstić information content (AvgIpc) is 2.17. The molecule has 1 aromatic rings. The molecular formula is C13H17ClO. The highest BCUT2D eigenvalue weighted by atomic mass is 35.5. The lowest BCUT2D eigenvalue weighted by atomic mass is 9.95. The van der Waals surface area contributed by atoms with Crippen LogP contribution in [0.15, 0.2) is 18.2 Å². The van der Waals surface area contributed by atoms with E-state index in [0.29, 0.717) is 12.3 Å². The van der Waals surface area contributed by atoms with Crippen LogP contribution in [0.3, 0.4) is 0 Å². The fourth-order valence-corrected chi connectivity index (χ4v) is 2.01. The van der Waals surface area contributed by atoms with Gasteiger partial charge in [0.2, 0.25) is 0 Å². The van der Waals surface area contributed by atoms with Crippen molar-refractivity contribution >= 4 is 17.9 Å². The van der Waals surface area contributed by atoms with Crippen LogP contribution in [0.4, 0.5) is 0 Å². The quantitative estimate of drug-likeness (QED) is 0.702. The van der Waals surface area contributed by atoms with E-state index >= 15 is 0 Å². The Morgan fingerprint density at radius 2 is 2.00 bits per heavy atom. The Morgan fingerprint density at radius 3 is 2.47 bits per heavy atom. The Hall–Kier alpha value is -0.820. The lowest BCUT2D eigenvalue weighted by Crippen LogP contribution is -1.96. The third kappa shape index (κ3) is 3.07. The molecule has 0 aromatic heterocycles. The molecule has 0 fully saturated rings. The average molecular weight is 225 g/mol. The molecule has 0 saturated heterocycles. The molecule has 0 bridgehead atoms. The molecule has 1 rings (SSSR count). The van der Waals surface area contributed by atoms with Gasteiger partial charge < -0.3 is 4.79 Å². The summed E-state index contributed by atoms with van der Waals surface area (Å²) in [5.74, 6) is 0.689. The second-order valence-electron chi connectivity index (χ2n) is 4.24. The van der Waals surface area contributed by atoms with Gasteiger partial charge in [0.05, 0.1) is 0 Å². The Morgan fingerprint density at radius 1 is 1.33 bits per heavy atom. The molecule has 1 unspecified atom stereocenters. The highest BCUT2D eigenvalue weighted by Crippen LogP contribution is 2.28. The third-order valence-corrected chi connectivity index (χ3v) is 2.99. The molecule has 15 heavy (non-hydrogen) atoms. The summed E-state index contributed by atoms with van der Waals surface area (Å²) in [5, 5.41) is 0.806. The second-order valence-corrected chi connectivity index (χ2v) is 4.65. The number of halogens is 1. The molecule has 82 valence electrons. The molecule has 0 saturated carbocycles. The molecule has 0 aliphatic rings. The van der Waals surface area contributed by atoms with Crippen LogP contribution in [-0.2, 0) is 4.79 Å². The van der Waals surface area contributed by atoms with Crippen LogP contribution in [0.5, 0.6) is 0 Å². The van der Waals surface area contributed by atoms with Crippen molar-refractivity contribution in [3.63, 3.8) is 0 Å². The fraction of sp³-hybridized carbons (Fsp3) is 0.462. The number of aldehydes is 1. The molecule has 1 nitrogen and oxygen atoms in total. The van der Waals surface area contributed by atoms with Gasteiger partial charge in [0.15, 0.2) is 0 Å².